The Bertz CT molecular complexity index is 636. The summed E-state index contributed by atoms with van der Waals surface area (Å²) >= 11 is 0. The minimum atomic E-state index is -0.568. The standard InChI is InChI=1S/C9H17NO2.C8H17NO3.C8H15NO3/c1-6-7(2)10-8(11)12-9(3,4)5;2*1-6(5-10)9-7(11)12-8(2,3)4/h6-7H,1H2,2-5H3,(H,10,11);6,10H,5H2,1-4H3,(H,9,11);5-6H,1-4H3,(H,9,11)/t7-;2*6-/m111/s1. The number of hydrogen-bond donors (Lipinski definition) is 4. The number of alkyl carbamates (subject to hydrolysis) is 3. The molecule has 0 spiro atoms. The number of rotatable bonds is 6. The number of carbonyl (C=O) groups excluding carboxylic acids is 4. The van der Waals surface area contributed by atoms with Gasteiger partial charge in [-0.1, -0.05) is 6.08 Å². The Balaban J connectivity index is -0.000000454. The molecular formula is C25H49N3O8. The van der Waals surface area contributed by atoms with Gasteiger partial charge >= 0.3 is 18.3 Å². The maximum absolute atomic E-state index is 11.0. The summed E-state index contributed by atoms with van der Waals surface area (Å²) in [4.78, 5) is 43.1. The normalized spacial score (nSPS) is 13.5. The van der Waals surface area contributed by atoms with Crippen molar-refractivity contribution in [2.24, 2.45) is 0 Å². The van der Waals surface area contributed by atoms with E-state index in [1.165, 1.54) is 0 Å². The first-order valence-electron chi connectivity index (χ1n) is 11.7. The predicted molar refractivity (Wildman–Crippen MR) is 140 cm³/mol. The Kier molecular flexibility index (Phi) is 18.4. The highest BCUT2D eigenvalue weighted by Gasteiger charge is 2.18. The third-order valence-electron chi connectivity index (χ3n) is 3.08. The van der Waals surface area contributed by atoms with Crippen LogP contribution in [0.2, 0.25) is 0 Å². The first-order valence-corrected chi connectivity index (χ1v) is 11.7. The number of ether oxygens (including phenoxy) is 3. The second-order valence-corrected chi connectivity index (χ2v) is 11.0. The van der Waals surface area contributed by atoms with Crippen molar-refractivity contribution in [1.82, 2.24) is 16.0 Å². The lowest BCUT2D eigenvalue weighted by molar-refractivity contribution is -0.109. The van der Waals surface area contributed by atoms with Gasteiger partial charge in [0.15, 0.2) is 0 Å². The smallest absolute Gasteiger partial charge is 0.408 e. The molecule has 0 aliphatic carbocycles. The molecule has 0 fully saturated rings. The van der Waals surface area contributed by atoms with Gasteiger partial charge in [0.1, 0.15) is 23.1 Å². The van der Waals surface area contributed by atoms with Gasteiger partial charge in [-0.25, -0.2) is 14.4 Å². The molecule has 0 saturated carbocycles. The zero-order chi connectivity index (χ0) is 29.3. The highest BCUT2D eigenvalue weighted by Crippen LogP contribution is 2.08. The fraction of sp³-hybridized carbons (Fsp3) is 0.760. The SMILES string of the molecule is C=C[C@@H](C)NC(=O)OC(C)(C)C.C[C@H](C=O)NC(=O)OC(C)(C)C.C[C@H](CO)NC(=O)OC(C)(C)C. The summed E-state index contributed by atoms with van der Waals surface area (Å²) in [6.07, 6.45) is 0.814. The van der Waals surface area contributed by atoms with Gasteiger partial charge in [0.25, 0.3) is 0 Å². The molecule has 0 aliphatic heterocycles. The maximum atomic E-state index is 11.0. The van der Waals surface area contributed by atoms with Gasteiger partial charge in [-0.2, -0.15) is 0 Å². The first-order chi connectivity index (χ1) is 16.0. The molecule has 0 rings (SSSR count). The van der Waals surface area contributed by atoms with E-state index in [2.05, 4.69) is 22.5 Å². The number of aliphatic hydroxyl groups excluding tert-OH is 1. The summed E-state index contributed by atoms with van der Waals surface area (Å²) in [5, 5.41) is 16.1. The summed E-state index contributed by atoms with van der Waals surface area (Å²) in [6.45, 7) is 24.7. The van der Waals surface area contributed by atoms with Crippen LogP contribution in [0.1, 0.15) is 83.1 Å². The average molecular weight is 520 g/mol. The highest BCUT2D eigenvalue weighted by molar-refractivity contribution is 5.73. The number of carbonyl (C=O) groups is 4. The van der Waals surface area contributed by atoms with Crippen molar-refractivity contribution in [2.45, 2.75) is 118 Å². The quantitative estimate of drug-likeness (QED) is 0.233. The van der Waals surface area contributed by atoms with E-state index < -0.39 is 41.1 Å². The summed E-state index contributed by atoms with van der Waals surface area (Å²) in [5.74, 6) is 0. The van der Waals surface area contributed by atoms with Crippen LogP contribution in [0.4, 0.5) is 14.4 Å². The average Bonchev–Trinajstić information content (AvgIpc) is 2.63. The van der Waals surface area contributed by atoms with Gasteiger partial charge in [-0.3, -0.25) is 0 Å². The molecule has 0 radical (unpaired) electrons. The number of amides is 3. The molecule has 0 saturated heterocycles. The minimum Gasteiger partial charge on any atom is -0.444 e. The third kappa shape index (κ3) is 31.2. The molecule has 0 heterocycles. The molecular weight excluding hydrogens is 470 g/mol. The first kappa shape index (κ1) is 37.7. The van der Waals surface area contributed by atoms with Gasteiger partial charge in [0.2, 0.25) is 0 Å². The molecule has 11 heteroatoms. The fourth-order valence-corrected chi connectivity index (χ4v) is 1.63. The Morgan fingerprint density at radius 2 is 1.03 bits per heavy atom. The van der Waals surface area contributed by atoms with Crippen LogP contribution < -0.4 is 16.0 Å². The Labute approximate surface area is 216 Å². The summed E-state index contributed by atoms with van der Waals surface area (Å²) in [7, 11) is 0. The van der Waals surface area contributed by atoms with E-state index in [0.29, 0.717) is 6.29 Å². The van der Waals surface area contributed by atoms with Gasteiger partial charge in [-0.05, 0) is 83.1 Å². The minimum absolute atomic E-state index is 0.0557. The van der Waals surface area contributed by atoms with E-state index >= 15 is 0 Å². The lowest BCUT2D eigenvalue weighted by Gasteiger charge is -2.21. The molecule has 4 N–H and O–H groups in total. The van der Waals surface area contributed by atoms with Crippen molar-refractivity contribution < 1.29 is 38.5 Å². The lowest BCUT2D eigenvalue weighted by Crippen LogP contribution is -2.39. The zero-order valence-electron chi connectivity index (χ0n) is 24.1. The van der Waals surface area contributed by atoms with E-state index in [9.17, 15) is 19.2 Å². The number of nitrogens with one attached hydrogen (secondary N) is 3. The second-order valence-electron chi connectivity index (χ2n) is 11.0. The molecule has 3 amide bonds. The second kappa shape index (κ2) is 17.6. The van der Waals surface area contributed by atoms with E-state index in [0.717, 1.165) is 0 Å². The number of hydrogen-bond acceptors (Lipinski definition) is 8. The van der Waals surface area contributed by atoms with E-state index in [-0.39, 0.29) is 18.7 Å². The summed E-state index contributed by atoms with van der Waals surface area (Å²) < 4.78 is 14.9. The van der Waals surface area contributed by atoms with Crippen molar-refractivity contribution in [3.8, 4) is 0 Å². The topological polar surface area (TPSA) is 152 Å². The van der Waals surface area contributed by atoms with E-state index in [1.54, 1.807) is 61.5 Å². The molecule has 0 aliphatic rings. The predicted octanol–water partition coefficient (Wildman–Crippen LogP) is 4.08. The highest BCUT2D eigenvalue weighted by atomic mass is 16.6. The number of aliphatic hydroxyl groups is 1. The molecule has 11 nitrogen and oxygen atoms in total. The fourth-order valence-electron chi connectivity index (χ4n) is 1.63. The van der Waals surface area contributed by atoms with E-state index in [1.807, 2.05) is 27.7 Å². The van der Waals surface area contributed by atoms with Crippen LogP contribution in [-0.4, -0.2) is 71.2 Å². The molecule has 0 aromatic carbocycles. The van der Waals surface area contributed by atoms with Crippen LogP contribution in [0, 0.1) is 0 Å². The van der Waals surface area contributed by atoms with Crippen LogP contribution in [0.5, 0.6) is 0 Å². The van der Waals surface area contributed by atoms with Crippen LogP contribution in [0.15, 0.2) is 12.7 Å². The summed E-state index contributed by atoms with van der Waals surface area (Å²) in [5.41, 5.74) is -1.45. The van der Waals surface area contributed by atoms with Gasteiger partial charge in [-0.15, -0.1) is 6.58 Å². The molecule has 0 aromatic heterocycles. The monoisotopic (exact) mass is 519 g/mol. The van der Waals surface area contributed by atoms with Gasteiger partial charge < -0.3 is 40.1 Å². The lowest BCUT2D eigenvalue weighted by atomic mass is 10.2. The Morgan fingerprint density at radius 1 is 0.722 bits per heavy atom. The van der Waals surface area contributed by atoms with Gasteiger partial charge in [0.05, 0.1) is 18.7 Å². The van der Waals surface area contributed by atoms with Crippen molar-refractivity contribution in [3.63, 3.8) is 0 Å². The zero-order valence-corrected chi connectivity index (χ0v) is 24.1. The largest absolute Gasteiger partial charge is 0.444 e. The molecule has 0 aromatic rings. The maximum Gasteiger partial charge on any atom is 0.408 e. The third-order valence-corrected chi connectivity index (χ3v) is 3.08. The molecule has 212 valence electrons. The number of aldehydes is 1. The van der Waals surface area contributed by atoms with Gasteiger partial charge in [0, 0.05) is 6.04 Å². The molecule has 0 unspecified atom stereocenters. The van der Waals surface area contributed by atoms with E-state index in [4.69, 9.17) is 19.3 Å². The van der Waals surface area contributed by atoms with Crippen LogP contribution in [0.25, 0.3) is 0 Å². The molecule has 0 bridgehead atoms. The van der Waals surface area contributed by atoms with Crippen molar-refractivity contribution in [1.29, 1.82) is 0 Å². The van der Waals surface area contributed by atoms with Crippen molar-refractivity contribution in [3.05, 3.63) is 12.7 Å². The van der Waals surface area contributed by atoms with Crippen LogP contribution >= 0.6 is 0 Å². The van der Waals surface area contributed by atoms with Crippen molar-refractivity contribution >= 4 is 24.6 Å². The Morgan fingerprint density at radius 3 is 1.28 bits per heavy atom. The molecule has 36 heavy (non-hydrogen) atoms. The van der Waals surface area contributed by atoms with Crippen molar-refractivity contribution in [2.75, 3.05) is 6.61 Å². The molecule has 3 atom stereocenters. The Hall–Kier alpha value is -2.82. The van der Waals surface area contributed by atoms with Crippen LogP contribution in [-0.2, 0) is 19.0 Å². The van der Waals surface area contributed by atoms with Crippen LogP contribution in [0.3, 0.4) is 0 Å². The summed E-state index contributed by atoms with van der Waals surface area (Å²) in [6, 6.07) is -0.820.